The molecule has 0 radical (unpaired) electrons. The molecule has 1 unspecified atom stereocenters. The summed E-state index contributed by atoms with van der Waals surface area (Å²) in [5, 5.41) is 6.84. The highest BCUT2D eigenvalue weighted by Crippen LogP contribution is 2.18. The average molecular weight is 329 g/mol. The van der Waals surface area contributed by atoms with Crippen LogP contribution in [0, 0.1) is 5.92 Å². The van der Waals surface area contributed by atoms with Crippen LogP contribution in [0.15, 0.2) is 28.9 Å². The molecule has 2 aromatic heterocycles. The lowest BCUT2D eigenvalue weighted by Crippen LogP contribution is -2.48. The third kappa shape index (κ3) is 3.79. The van der Waals surface area contributed by atoms with Gasteiger partial charge >= 0.3 is 0 Å². The molecule has 0 saturated carbocycles. The van der Waals surface area contributed by atoms with Crippen LogP contribution < -0.4 is 5.32 Å². The maximum atomic E-state index is 12.6. The fourth-order valence-corrected chi connectivity index (χ4v) is 3.10. The Morgan fingerprint density at radius 3 is 2.79 bits per heavy atom. The summed E-state index contributed by atoms with van der Waals surface area (Å²) in [5.41, 5.74) is 0.649. The number of pyridine rings is 1. The molecule has 1 aliphatic heterocycles. The lowest BCUT2D eigenvalue weighted by molar-refractivity contribution is -0.127. The van der Waals surface area contributed by atoms with Gasteiger partial charge in [0.25, 0.3) is 0 Å². The second-order valence-corrected chi connectivity index (χ2v) is 6.38. The molecular weight excluding hydrogens is 306 g/mol. The number of carbonyl (C=O) groups is 1. The summed E-state index contributed by atoms with van der Waals surface area (Å²) < 4.78 is 5.21. The first-order valence-corrected chi connectivity index (χ1v) is 8.41. The smallest absolute Gasteiger partial charge is 0.246 e. The van der Waals surface area contributed by atoms with Crippen molar-refractivity contribution in [1.82, 2.24) is 25.3 Å². The first-order valence-electron chi connectivity index (χ1n) is 8.41. The van der Waals surface area contributed by atoms with Crippen molar-refractivity contribution in [3.8, 4) is 11.5 Å². The maximum Gasteiger partial charge on any atom is 0.246 e. The molecule has 1 atom stereocenters. The van der Waals surface area contributed by atoms with Crippen LogP contribution in [0.5, 0.6) is 0 Å². The first kappa shape index (κ1) is 16.6. The molecule has 0 spiro atoms. The van der Waals surface area contributed by atoms with E-state index in [0.29, 0.717) is 17.4 Å². The fraction of sp³-hybridized carbons (Fsp3) is 0.529. The van der Waals surface area contributed by atoms with Gasteiger partial charge in [0, 0.05) is 6.20 Å². The molecule has 3 heterocycles. The molecule has 24 heavy (non-hydrogen) atoms. The summed E-state index contributed by atoms with van der Waals surface area (Å²) in [7, 11) is 0. The van der Waals surface area contributed by atoms with E-state index in [2.05, 4.69) is 39.2 Å². The molecule has 0 bridgehead atoms. The number of rotatable bonds is 6. The highest BCUT2D eigenvalue weighted by atomic mass is 16.5. The predicted molar refractivity (Wildman–Crippen MR) is 88.8 cm³/mol. The van der Waals surface area contributed by atoms with Crippen molar-refractivity contribution >= 4 is 5.91 Å². The molecule has 128 valence electrons. The normalized spacial score (nSPS) is 16.5. The van der Waals surface area contributed by atoms with E-state index >= 15 is 0 Å². The van der Waals surface area contributed by atoms with Crippen LogP contribution in [-0.4, -0.2) is 45.1 Å². The van der Waals surface area contributed by atoms with Gasteiger partial charge in [0.1, 0.15) is 5.69 Å². The SMILES string of the molecule is CC(C)C(C(=O)NCc1nc(-c2ccccn2)no1)N1CCCC1. The molecule has 7 nitrogen and oxygen atoms in total. The molecule has 0 aromatic carbocycles. The Hall–Kier alpha value is -2.28. The largest absolute Gasteiger partial charge is 0.346 e. The van der Waals surface area contributed by atoms with Crippen LogP contribution in [0.4, 0.5) is 0 Å². The number of hydrogen-bond donors (Lipinski definition) is 1. The minimum Gasteiger partial charge on any atom is -0.346 e. The van der Waals surface area contributed by atoms with Crippen molar-refractivity contribution < 1.29 is 9.32 Å². The summed E-state index contributed by atoms with van der Waals surface area (Å²) >= 11 is 0. The minimum absolute atomic E-state index is 0.0180. The van der Waals surface area contributed by atoms with Crippen molar-refractivity contribution in [2.75, 3.05) is 13.1 Å². The van der Waals surface area contributed by atoms with E-state index in [9.17, 15) is 4.79 Å². The van der Waals surface area contributed by atoms with E-state index < -0.39 is 0 Å². The minimum atomic E-state index is -0.106. The molecule has 1 amide bonds. The molecule has 3 rings (SSSR count). The lowest BCUT2D eigenvalue weighted by Gasteiger charge is -2.29. The summed E-state index contributed by atoms with van der Waals surface area (Å²) in [6, 6.07) is 5.40. The number of likely N-dealkylation sites (tertiary alicyclic amines) is 1. The Kier molecular flexibility index (Phi) is 5.20. The van der Waals surface area contributed by atoms with Crippen LogP contribution in [0.2, 0.25) is 0 Å². The number of amides is 1. The Balaban J connectivity index is 1.60. The molecule has 7 heteroatoms. The monoisotopic (exact) mass is 329 g/mol. The number of aromatic nitrogens is 3. The van der Waals surface area contributed by atoms with Gasteiger partial charge < -0.3 is 9.84 Å². The van der Waals surface area contributed by atoms with Crippen molar-refractivity contribution in [2.24, 2.45) is 5.92 Å². The molecule has 2 aromatic rings. The number of carbonyl (C=O) groups excluding carboxylic acids is 1. The van der Waals surface area contributed by atoms with Gasteiger partial charge in [0.15, 0.2) is 0 Å². The van der Waals surface area contributed by atoms with Gasteiger partial charge in [0.2, 0.25) is 17.6 Å². The lowest BCUT2D eigenvalue weighted by atomic mass is 10.0. The first-order chi connectivity index (χ1) is 11.6. The van der Waals surface area contributed by atoms with Crippen LogP contribution in [0.1, 0.15) is 32.6 Å². The van der Waals surface area contributed by atoms with E-state index in [1.165, 1.54) is 0 Å². The quantitative estimate of drug-likeness (QED) is 0.871. The fourth-order valence-electron chi connectivity index (χ4n) is 3.10. The average Bonchev–Trinajstić information content (AvgIpc) is 3.25. The third-order valence-electron chi connectivity index (χ3n) is 4.21. The summed E-state index contributed by atoms with van der Waals surface area (Å²) in [6.45, 7) is 6.36. The summed E-state index contributed by atoms with van der Waals surface area (Å²) in [5.74, 6) is 1.09. The summed E-state index contributed by atoms with van der Waals surface area (Å²) in [4.78, 5) is 23.3. The van der Waals surface area contributed by atoms with Crippen LogP contribution in [0.3, 0.4) is 0 Å². The van der Waals surface area contributed by atoms with Crippen molar-refractivity contribution in [3.63, 3.8) is 0 Å². The zero-order chi connectivity index (χ0) is 16.9. The highest BCUT2D eigenvalue weighted by molar-refractivity contribution is 5.82. The number of nitrogens with zero attached hydrogens (tertiary/aromatic N) is 4. The second-order valence-electron chi connectivity index (χ2n) is 6.38. The van der Waals surface area contributed by atoms with Crippen LogP contribution >= 0.6 is 0 Å². The molecule has 0 aliphatic carbocycles. The van der Waals surface area contributed by atoms with Gasteiger partial charge in [-0.15, -0.1) is 0 Å². The second kappa shape index (κ2) is 7.53. The van der Waals surface area contributed by atoms with E-state index in [0.717, 1.165) is 25.9 Å². The Morgan fingerprint density at radius 2 is 2.12 bits per heavy atom. The topological polar surface area (TPSA) is 84.2 Å². The van der Waals surface area contributed by atoms with Gasteiger partial charge in [0.05, 0.1) is 12.6 Å². The van der Waals surface area contributed by atoms with Gasteiger partial charge in [-0.3, -0.25) is 14.7 Å². The van der Waals surface area contributed by atoms with Gasteiger partial charge in [-0.05, 0) is 44.0 Å². The molecule has 1 saturated heterocycles. The van der Waals surface area contributed by atoms with Gasteiger partial charge in [-0.25, -0.2) is 0 Å². The third-order valence-corrected chi connectivity index (χ3v) is 4.21. The number of hydrogen-bond acceptors (Lipinski definition) is 6. The van der Waals surface area contributed by atoms with E-state index in [4.69, 9.17) is 4.52 Å². The van der Waals surface area contributed by atoms with E-state index in [1.54, 1.807) is 6.20 Å². The van der Waals surface area contributed by atoms with Crippen molar-refractivity contribution in [1.29, 1.82) is 0 Å². The van der Waals surface area contributed by atoms with Crippen molar-refractivity contribution in [2.45, 2.75) is 39.3 Å². The van der Waals surface area contributed by atoms with Crippen LogP contribution in [0.25, 0.3) is 11.5 Å². The maximum absolute atomic E-state index is 12.6. The van der Waals surface area contributed by atoms with E-state index in [-0.39, 0.29) is 24.4 Å². The molecule has 1 N–H and O–H groups in total. The molecule has 1 fully saturated rings. The predicted octanol–water partition coefficient (Wildman–Crippen LogP) is 1.87. The van der Waals surface area contributed by atoms with Gasteiger partial charge in [-0.2, -0.15) is 4.98 Å². The van der Waals surface area contributed by atoms with Gasteiger partial charge in [-0.1, -0.05) is 25.1 Å². The molecule has 1 aliphatic rings. The molecular formula is C17H23N5O2. The van der Waals surface area contributed by atoms with Crippen LogP contribution in [-0.2, 0) is 11.3 Å². The standard InChI is InChI=1S/C17H23N5O2/c1-12(2)15(22-9-5-6-10-22)17(23)19-11-14-20-16(21-24-14)13-7-3-4-8-18-13/h3-4,7-8,12,15H,5-6,9-11H2,1-2H3,(H,19,23). The Bertz CT molecular complexity index is 665. The zero-order valence-electron chi connectivity index (χ0n) is 14.1. The zero-order valence-corrected chi connectivity index (χ0v) is 14.1. The van der Waals surface area contributed by atoms with Crippen molar-refractivity contribution in [3.05, 3.63) is 30.3 Å². The Labute approximate surface area is 141 Å². The van der Waals surface area contributed by atoms with E-state index in [1.807, 2.05) is 18.2 Å². The highest BCUT2D eigenvalue weighted by Gasteiger charge is 2.30. The Morgan fingerprint density at radius 1 is 1.33 bits per heavy atom. The number of nitrogens with one attached hydrogen (secondary N) is 1. The summed E-state index contributed by atoms with van der Waals surface area (Å²) in [6.07, 6.45) is 4.00.